The minimum absolute atomic E-state index is 0.279. The predicted molar refractivity (Wildman–Crippen MR) is 92.8 cm³/mol. The lowest BCUT2D eigenvalue weighted by molar-refractivity contribution is 0.0112. The number of nitrogens with zero attached hydrogens (tertiary/aromatic N) is 2. The zero-order chi connectivity index (χ0) is 16.2. The molecular formula is C19H30N2O2. The molecule has 1 saturated carbocycles. The Morgan fingerprint density at radius 2 is 2.09 bits per heavy atom. The van der Waals surface area contributed by atoms with E-state index >= 15 is 0 Å². The van der Waals surface area contributed by atoms with Gasteiger partial charge in [0.15, 0.2) is 0 Å². The van der Waals surface area contributed by atoms with Crippen molar-refractivity contribution in [2.45, 2.75) is 51.2 Å². The average molecular weight is 318 g/mol. The number of aryl methyl sites for hydroxylation is 1. The fourth-order valence-electron chi connectivity index (χ4n) is 3.90. The first kappa shape index (κ1) is 16.7. The number of piperazine rings is 1. The molecule has 1 aromatic carbocycles. The van der Waals surface area contributed by atoms with Crippen LogP contribution >= 0.6 is 0 Å². The molecule has 1 atom stereocenters. The van der Waals surface area contributed by atoms with Crippen molar-refractivity contribution in [3.05, 3.63) is 29.3 Å². The van der Waals surface area contributed by atoms with Crippen molar-refractivity contribution in [3.8, 4) is 5.75 Å². The molecule has 1 saturated heterocycles. The molecule has 4 heteroatoms. The fraction of sp³-hybridized carbons (Fsp3) is 0.684. The van der Waals surface area contributed by atoms with Gasteiger partial charge < -0.3 is 9.84 Å². The first-order chi connectivity index (χ1) is 11.2. The van der Waals surface area contributed by atoms with E-state index in [-0.39, 0.29) is 6.61 Å². The van der Waals surface area contributed by atoms with Crippen LogP contribution in [0.4, 0.5) is 0 Å². The summed E-state index contributed by atoms with van der Waals surface area (Å²) < 4.78 is 5.36. The van der Waals surface area contributed by atoms with Crippen LogP contribution in [0.5, 0.6) is 5.75 Å². The van der Waals surface area contributed by atoms with Crippen molar-refractivity contribution in [2.24, 2.45) is 0 Å². The average Bonchev–Trinajstić information content (AvgIpc) is 2.48. The maximum absolute atomic E-state index is 9.45. The molecule has 2 aliphatic rings. The Bertz CT molecular complexity index is 516. The van der Waals surface area contributed by atoms with E-state index in [0.717, 1.165) is 37.8 Å². The third-order valence-corrected chi connectivity index (χ3v) is 5.53. The lowest BCUT2D eigenvalue weighted by atomic mass is 9.90. The van der Waals surface area contributed by atoms with E-state index in [9.17, 15) is 5.11 Å². The highest BCUT2D eigenvalue weighted by molar-refractivity contribution is 5.36. The van der Waals surface area contributed by atoms with Crippen molar-refractivity contribution >= 4 is 0 Å². The van der Waals surface area contributed by atoms with Crippen LogP contribution in [0.2, 0.25) is 0 Å². The number of aliphatic hydroxyl groups excluding tert-OH is 1. The number of aliphatic hydroxyl groups is 1. The molecule has 0 bridgehead atoms. The molecule has 2 fully saturated rings. The molecule has 1 N–H and O–H groups in total. The van der Waals surface area contributed by atoms with Gasteiger partial charge in [0.1, 0.15) is 5.75 Å². The Balaban J connectivity index is 1.64. The lowest BCUT2D eigenvalue weighted by Crippen LogP contribution is -2.57. The van der Waals surface area contributed by atoms with E-state index in [0.29, 0.717) is 6.04 Å². The van der Waals surface area contributed by atoms with Gasteiger partial charge in [-0.3, -0.25) is 9.80 Å². The monoisotopic (exact) mass is 318 g/mol. The quantitative estimate of drug-likeness (QED) is 0.874. The second-order valence-corrected chi connectivity index (χ2v) is 7.02. The molecule has 1 heterocycles. The van der Waals surface area contributed by atoms with Crippen LogP contribution in [-0.2, 0) is 6.54 Å². The SMILES string of the molecule is COc1ccc(CN2CCN(C3CCC3)C[C@H]2CCO)cc1C. The van der Waals surface area contributed by atoms with Crippen molar-refractivity contribution < 1.29 is 9.84 Å². The van der Waals surface area contributed by atoms with E-state index in [4.69, 9.17) is 4.74 Å². The first-order valence-electron chi connectivity index (χ1n) is 8.93. The molecule has 0 spiro atoms. The van der Waals surface area contributed by atoms with Crippen LogP contribution < -0.4 is 4.74 Å². The summed E-state index contributed by atoms with van der Waals surface area (Å²) in [7, 11) is 1.72. The number of hydrogen-bond acceptors (Lipinski definition) is 4. The highest BCUT2D eigenvalue weighted by Gasteiger charge is 2.32. The van der Waals surface area contributed by atoms with Crippen LogP contribution in [0.3, 0.4) is 0 Å². The summed E-state index contributed by atoms with van der Waals surface area (Å²) in [5, 5.41) is 9.45. The van der Waals surface area contributed by atoms with Crippen molar-refractivity contribution in [3.63, 3.8) is 0 Å². The summed E-state index contributed by atoms with van der Waals surface area (Å²) in [6.07, 6.45) is 4.99. The molecular weight excluding hydrogens is 288 g/mol. The minimum Gasteiger partial charge on any atom is -0.496 e. The van der Waals surface area contributed by atoms with E-state index < -0.39 is 0 Å². The van der Waals surface area contributed by atoms with Crippen LogP contribution in [0.15, 0.2) is 18.2 Å². The Hall–Kier alpha value is -1.10. The summed E-state index contributed by atoms with van der Waals surface area (Å²) in [6, 6.07) is 7.74. The zero-order valence-corrected chi connectivity index (χ0v) is 14.5. The lowest BCUT2D eigenvalue weighted by Gasteiger charge is -2.47. The summed E-state index contributed by atoms with van der Waals surface area (Å²) in [6.45, 7) is 6.73. The molecule has 4 nitrogen and oxygen atoms in total. The molecule has 0 radical (unpaired) electrons. The Morgan fingerprint density at radius 3 is 2.70 bits per heavy atom. The van der Waals surface area contributed by atoms with Crippen molar-refractivity contribution in [1.29, 1.82) is 0 Å². The maximum Gasteiger partial charge on any atom is 0.121 e. The smallest absolute Gasteiger partial charge is 0.121 e. The number of rotatable bonds is 6. The zero-order valence-electron chi connectivity index (χ0n) is 14.5. The van der Waals surface area contributed by atoms with Gasteiger partial charge in [0.05, 0.1) is 7.11 Å². The first-order valence-corrected chi connectivity index (χ1v) is 8.93. The largest absolute Gasteiger partial charge is 0.496 e. The fourth-order valence-corrected chi connectivity index (χ4v) is 3.90. The van der Waals surface area contributed by atoms with Gasteiger partial charge in [0.2, 0.25) is 0 Å². The predicted octanol–water partition coefficient (Wildman–Crippen LogP) is 2.42. The standard InChI is InChI=1S/C19H30N2O2/c1-15-12-16(6-7-19(15)23-2)13-20-9-10-21(17-4-3-5-17)14-18(20)8-11-22/h6-7,12,17-18,22H,3-5,8-11,13-14H2,1-2H3/t18-/m1/s1. The summed E-state index contributed by atoms with van der Waals surface area (Å²) >= 11 is 0. The normalized spacial score (nSPS) is 23.7. The Labute approximate surface area is 140 Å². The third-order valence-electron chi connectivity index (χ3n) is 5.53. The highest BCUT2D eigenvalue weighted by atomic mass is 16.5. The van der Waals surface area contributed by atoms with Crippen molar-refractivity contribution in [2.75, 3.05) is 33.4 Å². The van der Waals surface area contributed by atoms with E-state index in [2.05, 4.69) is 34.9 Å². The molecule has 1 aromatic rings. The molecule has 1 aliphatic heterocycles. The summed E-state index contributed by atoms with van der Waals surface area (Å²) in [5.74, 6) is 0.954. The second kappa shape index (κ2) is 7.65. The van der Waals surface area contributed by atoms with Gasteiger partial charge >= 0.3 is 0 Å². The van der Waals surface area contributed by atoms with E-state index in [1.54, 1.807) is 7.11 Å². The van der Waals surface area contributed by atoms with Crippen LogP contribution in [0, 0.1) is 6.92 Å². The van der Waals surface area contributed by atoms with Gasteiger partial charge in [-0.05, 0) is 43.4 Å². The third kappa shape index (κ3) is 3.87. The molecule has 0 amide bonds. The van der Waals surface area contributed by atoms with E-state index in [1.165, 1.54) is 36.9 Å². The van der Waals surface area contributed by atoms with Crippen molar-refractivity contribution in [1.82, 2.24) is 9.80 Å². The second-order valence-electron chi connectivity index (χ2n) is 7.02. The molecule has 128 valence electrons. The molecule has 1 aliphatic carbocycles. The van der Waals surface area contributed by atoms with E-state index in [1.807, 2.05) is 0 Å². The maximum atomic E-state index is 9.45. The topological polar surface area (TPSA) is 35.9 Å². The molecule has 0 unspecified atom stereocenters. The Morgan fingerprint density at radius 1 is 1.26 bits per heavy atom. The number of benzene rings is 1. The number of ether oxygens (including phenoxy) is 1. The molecule has 3 rings (SSSR count). The van der Waals surface area contributed by atoms with Gasteiger partial charge in [0.25, 0.3) is 0 Å². The summed E-state index contributed by atoms with van der Waals surface area (Å²) in [5.41, 5.74) is 2.53. The van der Waals surface area contributed by atoms with Gasteiger partial charge in [0, 0.05) is 44.9 Å². The van der Waals surface area contributed by atoms with Gasteiger partial charge in [-0.25, -0.2) is 0 Å². The number of hydrogen-bond donors (Lipinski definition) is 1. The van der Waals surface area contributed by atoms with Crippen LogP contribution in [-0.4, -0.2) is 60.3 Å². The summed E-state index contributed by atoms with van der Waals surface area (Å²) in [4.78, 5) is 5.20. The highest BCUT2D eigenvalue weighted by Crippen LogP contribution is 2.28. The van der Waals surface area contributed by atoms with Gasteiger partial charge in [-0.2, -0.15) is 0 Å². The minimum atomic E-state index is 0.279. The Kier molecular flexibility index (Phi) is 5.57. The molecule has 23 heavy (non-hydrogen) atoms. The van der Waals surface area contributed by atoms with Gasteiger partial charge in [-0.1, -0.05) is 18.6 Å². The van der Waals surface area contributed by atoms with Gasteiger partial charge in [-0.15, -0.1) is 0 Å². The van der Waals surface area contributed by atoms with Crippen LogP contribution in [0.25, 0.3) is 0 Å². The molecule has 0 aromatic heterocycles. The van der Waals surface area contributed by atoms with Crippen LogP contribution in [0.1, 0.15) is 36.8 Å². The number of methoxy groups -OCH3 is 1.